The highest BCUT2D eigenvalue weighted by Crippen LogP contribution is 2.63. The molecule has 2 bridgehead atoms. The lowest BCUT2D eigenvalue weighted by atomic mass is 9.62. The Labute approximate surface area is 105 Å². The van der Waals surface area contributed by atoms with Crippen LogP contribution in [-0.2, 0) is 4.79 Å². The fourth-order valence-electron chi connectivity index (χ4n) is 5.17. The van der Waals surface area contributed by atoms with Gasteiger partial charge < -0.3 is 0 Å². The van der Waals surface area contributed by atoms with Crippen LogP contribution in [-0.4, -0.2) is 5.78 Å². The molecule has 0 aromatic heterocycles. The quantitative estimate of drug-likeness (QED) is 0.668. The molecule has 0 heterocycles. The van der Waals surface area contributed by atoms with Gasteiger partial charge in [0.15, 0.2) is 0 Å². The average molecular weight is 234 g/mol. The Kier molecular flexibility index (Phi) is 2.65. The molecule has 96 valence electrons. The molecule has 3 rings (SSSR count). The maximum Gasteiger partial charge on any atom is 0.133 e. The highest BCUT2D eigenvalue weighted by atomic mass is 16.1. The summed E-state index contributed by atoms with van der Waals surface area (Å²) in [7, 11) is 0. The molecule has 0 aromatic carbocycles. The van der Waals surface area contributed by atoms with Crippen LogP contribution >= 0.6 is 0 Å². The highest BCUT2D eigenvalue weighted by molar-refractivity contribution is 5.79. The molecule has 17 heavy (non-hydrogen) atoms. The molecule has 0 spiro atoms. The molecule has 0 aromatic rings. The van der Waals surface area contributed by atoms with Crippen LogP contribution in [0.25, 0.3) is 0 Å². The van der Waals surface area contributed by atoms with Crippen molar-refractivity contribution in [3.05, 3.63) is 0 Å². The molecule has 3 fully saturated rings. The third-order valence-corrected chi connectivity index (χ3v) is 6.66. The predicted molar refractivity (Wildman–Crippen MR) is 69.6 cm³/mol. The van der Waals surface area contributed by atoms with Gasteiger partial charge in [-0.2, -0.15) is 0 Å². The lowest BCUT2D eigenvalue weighted by molar-refractivity contribution is -0.122. The van der Waals surface area contributed by atoms with Crippen molar-refractivity contribution >= 4 is 5.78 Å². The third kappa shape index (κ3) is 1.69. The van der Waals surface area contributed by atoms with E-state index in [1.54, 1.807) is 0 Å². The van der Waals surface area contributed by atoms with Crippen LogP contribution in [0, 0.1) is 35.0 Å². The Hall–Kier alpha value is -0.330. The molecular weight excluding hydrogens is 208 g/mol. The molecule has 0 saturated heterocycles. The zero-order valence-electron chi connectivity index (χ0n) is 11.5. The Morgan fingerprint density at radius 3 is 2.47 bits per heavy atom. The maximum absolute atomic E-state index is 11.6. The lowest BCUT2D eigenvalue weighted by Gasteiger charge is -2.43. The van der Waals surface area contributed by atoms with Gasteiger partial charge in [0, 0.05) is 12.8 Å². The number of carbonyl (C=O) groups excluding carboxylic acids is 1. The molecule has 5 atom stereocenters. The smallest absolute Gasteiger partial charge is 0.133 e. The van der Waals surface area contributed by atoms with E-state index in [0.717, 1.165) is 48.9 Å². The first-order valence-electron chi connectivity index (χ1n) is 7.52. The molecule has 0 amide bonds. The van der Waals surface area contributed by atoms with Crippen LogP contribution in [0.5, 0.6) is 0 Å². The molecule has 3 aliphatic carbocycles. The SMILES string of the molecule is CC1C2CC(CC2C2CCCC(=O)C2)C1(C)C. The minimum atomic E-state index is 0.538. The van der Waals surface area contributed by atoms with Crippen molar-refractivity contribution < 1.29 is 4.79 Å². The van der Waals surface area contributed by atoms with Gasteiger partial charge in [-0.25, -0.2) is 0 Å². The molecule has 0 aliphatic heterocycles. The zero-order valence-corrected chi connectivity index (χ0v) is 11.5. The summed E-state index contributed by atoms with van der Waals surface area (Å²) in [6.07, 6.45) is 7.12. The van der Waals surface area contributed by atoms with Crippen molar-refractivity contribution in [2.75, 3.05) is 0 Å². The molecule has 0 radical (unpaired) electrons. The second-order valence-corrected chi connectivity index (χ2v) is 7.50. The van der Waals surface area contributed by atoms with E-state index in [-0.39, 0.29) is 0 Å². The molecule has 0 N–H and O–H groups in total. The fourth-order valence-corrected chi connectivity index (χ4v) is 5.17. The minimum absolute atomic E-state index is 0.538. The standard InChI is InChI=1S/C16H26O/c1-10-14-8-12(16(10,2)3)9-15(14)11-5-4-6-13(17)7-11/h10-12,14-15H,4-9H2,1-3H3. The largest absolute Gasteiger partial charge is 0.300 e. The van der Waals surface area contributed by atoms with Crippen molar-refractivity contribution in [3.8, 4) is 0 Å². The van der Waals surface area contributed by atoms with E-state index in [1.165, 1.54) is 19.3 Å². The first-order valence-corrected chi connectivity index (χ1v) is 7.52. The second kappa shape index (κ2) is 3.83. The molecule has 3 aliphatic rings. The van der Waals surface area contributed by atoms with Gasteiger partial charge in [-0.15, -0.1) is 0 Å². The van der Waals surface area contributed by atoms with Gasteiger partial charge in [0.25, 0.3) is 0 Å². The molecule has 1 nitrogen and oxygen atoms in total. The third-order valence-electron chi connectivity index (χ3n) is 6.66. The van der Waals surface area contributed by atoms with E-state index in [2.05, 4.69) is 20.8 Å². The fraction of sp³-hybridized carbons (Fsp3) is 0.938. The van der Waals surface area contributed by atoms with E-state index < -0.39 is 0 Å². The Morgan fingerprint density at radius 2 is 1.88 bits per heavy atom. The van der Waals surface area contributed by atoms with Crippen LogP contribution in [0.3, 0.4) is 0 Å². The summed E-state index contributed by atoms with van der Waals surface area (Å²) in [6, 6.07) is 0. The summed E-state index contributed by atoms with van der Waals surface area (Å²) in [5, 5.41) is 0. The zero-order chi connectivity index (χ0) is 12.2. The molecular formula is C16H26O. The number of carbonyl (C=O) groups is 1. The van der Waals surface area contributed by atoms with Gasteiger partial charge in [-0.1, -0.05) is 20.8 Å². The van der Waals surface area contributed by atoms with Gasteiger partial charge in [0.1, 0.15) is 5.78 Å². The minimum Gasteiger partial charge on any atom is -0.300 e. The normalized spacial score (nSPS) is 48.6. The maximum atomic E-state index is 11.6. The van der Waals surface area contributed by atoms with Crippen molar-refractivity contribution in [1.82, 2.24) is 0 Å². The van der Waals surface area contributed by atoms with Crippen molar-refractivity contribution in [2.45, 2.75) is 59.3 Å². The number of hydrogen-bond acceptors (Lipinski definition) is 1. The summed E-state index contributed by atoms with van der Waals surface area (Å²) in [4.78, 5) is 11.6. The first kappa shape index (κ1) is 11.7. The topological polar surface area (TPSA) is 17.1 Å². The van der Waals surface area contributed by atoms with E-state index in [1.807, 2.05) is 0 Å². The monoisotopic (exact) mass is 234 g/mol. The number of fused-ring (bicyclic) bond motifs is 2. The van der Waals surface area contributed by atoms with E-state index in [4.69, 9.17) is 0 Å². The highest BCUT2D eigenvalue weighted by Gasteiger charge is 2.56. The van der Waals surface area contributed by atoms with Crippen LogP contribution in [0.2, 0.25) is 0 Å². The summed E-state index contributed by atoms with van der Waals surface area (Å²) in [5.41, 5.74) is 0.555. The van der Waals surface area contributed by atoms with E-state index in [9.17, 15) is 4.79 Å². The average Bonchev–Trinajstić information content (AvgIpc) is 2.79. The van der Waals surface area contributed by atoms with Crippen molar-refractivity contribution in [1.29, 1.82) is 0 Å². The van der Waals surface area contributed by atoms with E-state index in [0.29, 0.717) is 11.2 Å². The summed E-state index contributed by atoms with van der Waals surface area (Å²) < 4.78 is 0. The van der Waals surface area contributed by atoms with E-state index >= 15 is 0 Å². The summed E-state index contributed by atoms with van der Waals surface area (Å²) in [5.74, 6) is 4.88. The molecule has 3 saturated carbocycles. The van der Waals surface area contributed by atoms with Gasteiger partial charge in [0.2, 0.25) is 0 Å². The molecule has 5 unspecified atom stereocenters. The number of ketones is 1. The second-order valence-electron chi connectivity index (χ2n) is 7.50. The van der Waals surface area contributed by atoms with Gasteiger partial charge >= 0.3 is 0 Å². The van der Waals surface area contributed by atoms with Crippen LogP contribution in [0.4, 0.5) is 0 Å². The van der Waals surface area contributed by atoms with Crippen molar-refractivity contribution in [3.63, 3.8) is 0 Å². The molecule has 1 heteroatoms. The Bertz CT molecular complexity index is 326. The van der Waals surface area contributed by atoms with Gasteiger partial charge in [-0.05, 0) is 60.7 Å². The number of rotatable bonds is 1. The van der Waals surface area contributed by atoms with Gasteiger partial charge in [-0.3, -0.25) is 4.79 Å². The van der Waals surface area contributed by atoms with Crippen LogP contribution in [0.15, 0.2) is 0 Å². The van der Waals surface area contributed by atoms with Gasteiger partial charge in [0.05, 0.1) is 0 Å². The number of hydrogen-bond donors (Lipinski definition) is 0. The lowest BCUT2D eigenvalue weighted by Crippen LogP contribution is -2.37. The van der Waals surface area contributed by atoms with Crippen molar-refractivity contribution in [2.24, 2.45) is 35.0 Å². The Balaban J connectivity index is 1.74. The Morgan fingerprint density at radius 1 is 1.18 bits per heavy atom. The van der Waals surface area contributed by atoms with Crippen LogP contribution < -0.4 is 0 Å². The summed E-state index contributed by atoms with van der Waals surface area (Å²) >= 11 is 0. The first-order chi connectivity index (χ1) is 8.00. The number of Topliss-reactive ketones (excluding diaryl/α,β-unsaturated/α-hetero) is 1. The van der Waals surface area contributed by atoms with Crippen LogP contribution in [0.1, 0.15) is 59.3 Å². The predicted octanol–water partition coefficient (Wildman–Crippen LogP) is 4.06. The summed E-state index contributed by atoms with van der Waals surface area (Å²) in [6.45, 7) is 7.39.